The molecule has 0 radical (unpaired) electrons. The zero-order valence-corrected chi connectivity index (χ0v) is 11.7. The van der Waals surface area contributed by atoms with Gasteiger partial charge in [-0.1, -0.05) is 0 Å². The number of nitrogens with zero attached hydrogens (tertiary/aromatic N) is 3. The highest BCUT2D eigenvalue weighted by molar-refractivity contribution is 5.99. The van der Waals surface area contributed by atoms with Crippen molar-refractivity contribution in [1.82, 2.24) is 9.78 Å². The Morgan fingerprint density at radius 2 is 2.10 bits per heavy atom. The zero-order valence-electron chi connectivity index (χ0n) is 11.7. The SMILES string of the molecule is Cc1nn(C)c(N2CC(C)(OCC(=O)O)C2)c1C(N)=O. The van der Waals surface area contributed by atoms with Crippen molar-refractivity contribution in [3.63, 3.8) is 0 Å². The van der Waals surface area contributed by atoms with E-state index >= 15 is 0 Å². The molecule has 20 heavy (non-hydrogen) atoms. The van der Waals surface area contributed by atoms with E-state index in [1.165, 1.54) is 0 Å². The van der Waals surface area contributed by atoms with E-state index in [-0.39, 0.29) is 6.61 Å². The highest BCUT2D eigenvalue weighted by atomic mass is 16.5. The van der Waals surface area contributed by atoms with Crippen LogP contribution in [0.25, 0.3) is 0 Å². The first kappa shape index (κ1) is 14.3. The van der Waals surface area contributed by atoms with E-state index in [9.17, 15) is 9.59 Å². The van der Waals surface area contributed by atoms with Gasteiger partial charge >= 0.3 is 5.97 Å². The van der Waals surface area contributed by atoms with E-state index in [1.54, 1.807) is 18.7 Å². The van der Waals surface area contributed by atoms with Crippen LogP contribution < -0.4 is 10.6 Å². The van der Waals surface area contributed by atoms with Crippen LogP contribution in [-0.2, 0) is 16.6 Å². The Balaban J connectivity index is 2.13. The molecular formula is C12H18N4O4. The molecule has 0 atom stereocenters. The molecule has 0 unspecified atom stereocenters. The van der Waals surface area contributed by atoms with Gasteiger partial charge in [-0.15, -0.1) is 0 Å². The summed E-state index contributed by atoms with van der Waals surface area (Å²) in [5.41, 5.74) is 5.82. The van der Waals surface area contributed by atoms with Crippen LogP contribution in [0, 0.1) is 6.92 Å². The minimum atomic E-state index is -1.00. The number of ether oxygens (including phenoxy) is 1. The lowest BCUT2D eigenvalue weighted by Crippen LogP contribution is -2.62. The number of aryl methyl sites for hydroxylation is 2. The Morgan fingerprint density at radius 3 is 2.60 bits per heavy atom. The highest BCUT2D eigenvalue weighted by Crippen LogP contribution is 2.33. The van der Waals surface area contributed by atoms with Gasteiger partial charge in [0.25, 0.3) is 5.91 Å². The Kier molecular flexibility index (Phi) is 3.43. The molecule has 110 valence electrons. The fourth-order valence-electron chi connectivity index (χ4n) is 2.54. The first-order chi connectivity index (χ1) is 9.23. The average molecular weight is 282 g/mol. The number of amides is 1. The van der Waals surface area contributed by atoms with Gasteiger partial charge in [0.2, 0.25) is 0 Å². The van der Waals surface area contributed by atoms with Crippen LogP contribution in [0.1, 0.15) is 23.0 Å². The number of aromatic nitrogens is 2. The fourth-order valence-corrected chi connectivity index (χ4v) is 2.54. The Bertz CT molecular complexity index is 560. The van der Waals surface area contributed by atoms with Crippen molar-refractivity contribution in [3.05, 3.63) is 11.3 Å². The number of nitrogens with two attached hydrogens (primary N) is 1. The molecule has 1 aliphatic rings. The van der Waals surface area contributed by atoms with Gasteiger partial charge < -0.3 is 20.5 Å². The molecule has 0 saturated carbocycles. The van der Waals surface area contributed by atoms with Crippen molar-refractivity contribution in [1.29, 1.82) is 0 Å². The highest BCUT2D eigenvalue weighted by Gasteiger charge is 2.43. The van der Waals surface area contributed by atoms with Crippen molar-refractivity contribution >= 4 is 17.7 Å². The zero-order chi connectivity index (χ0) is 15.1. The van der Waals surface area contributed by atoms with Gasteiger partial charge in [0, 0.05) is 7.05 Å². The summed E-state index contributed by atoms with van der Waals surface area (Å²) in [6.07, 6.45) is 0. The Hall–Kier alpha value is -2.09. The molecule has 1 fully saturated rings. The fraction of sp³-hybridized carbons (Fsp3) is 0.583. The smallest absolute Gasteiger partial charge is 0.329 e. The molecule has 0 bridgehead atoms. The molecule has 2 rings (SSSR count). The maximum atomic E-state index is 11.5. The standard InChI is InChI=1S/C12H18N4O4/c1-7-9(10(13)19)11(15(3)14-7)16-5-12(2,6-16)20-4-8(17)18/h4-6H2,1-3H3,(H2,13,19)(H,17,18). The van der Waals surface area contributed by atoms with Crippen molar-refractivity contribution < 1.29 is 19.4 Å². The quantitative estimate of drug-likeness (QED) is 0.753. The molecule has 0 aromatic carbocycles. The van der Waals surface area contributed by atoms with Crippen LogP contribution in [0.15, 0.2) is 0 Å². The number of aliphatic carboxylic acids is 1. The molecule has 1 aromatic heterocycles. The lowest BCUT2D eigenvalue weighted by Gasteiger charge is -2.48. The van der Waals surface area contributed by atoms with Gasteiger partial charge in [-0.05, 0) is 13.8 Å². The van der Waals surface area contributed by atoms with Crippen LogP contribution in [0.5, 0.6) is 0 Å². The van der Waals surface area contributed by atoms with Crippen molar-refractivity contribution in [2.24, 2.45) is 12.8 Å². The molecule has 0 spiro atoms. The van der Waals surface area contributed by atoms with Crippen molar-refractivity contribution in [2.75, 3.05) is 24.6 Å². The molecule has 1 saturated heterocycles. The number of primary amides is 1. The summed E-state index contributed by atoms with van der Waals surface area (Å²) in [6.45, 7) is 4.19. The monoisotopic (exact) mass is 282 g/mol. The predicted molar refractivity (Wildman–Crippen MR) is 70.7 cm³/mol. The first-order valence-corrected chi connectivity index (χ1v) is 6.17. The summed E-state index contributed by atoms with van der Waals surface area (Å²) in [7, 11) is 1.74. The number of carboxylic acid groups (broad SMARTS) is 1. The number of anilines is 1. The normalized spacial score (nSPS) is 16.9. The summed E-state index contributed by atoms with van der Waals surface area (Å²) in [6, 6.07) is 0. The average Bonchev–Trinajstić information content (AvgIpc) is 2.57. The summed E-state index contributed by atoms with van der Waals surface area (Å²) in [5.74, 6) is -0.879. The van der Waals surface area contributed by atoms with Crippen LogP contribution in [0.4, 0.5) is 5.82 Å². The Labute approximate surface area is 116 Å². The molecule has 8 heteroatoms. The minimum absolute atomic E-state index is 0.336. The number of carboxylic acids is 1. The van der Waals surface area contributed by atoms with Gasteiger partial charge in [-0.2, -0.15) is 5.10 Å². The van der Waals surface area contributed by atoms with Crippen LogP contribution >= 0.6 is 0 Å². The summed E-state index contributed by atoms with van der Waals surface area (Å²) < 4.78 is 6.94. The molecule has 0 aliphatic carbocycles. The third-order valence-corrected chi connectivity index (χ3v) is 3.33. The van der Waals surface area contributed by atoms with E-state index in [0.29, 0.717) is 30.2 Å². The van der Waals surface area contributed by atoms with Crippen molar-refractivity contribution in [2.45, 2.75) is 19.4 Å². The number of hydrogen-bond donors (Lipinski definition) is 2. The second kappa shape index (κ2) is 4.78. The van der Waals surface area contributed by atoms with Gasteiger partial charge in [-0.25, -0.2) is 4.79 Å². The summed E-state index contributed by atoms with van der Waals surface area (Å²) in [4.78, 5) is 23.9. The number of carbonyl (C=O) groups is 2. The van der Waals surface area contributed by atoms with Crippen LogP contribution in [0.3, 0.4) is 0 Å². The van der Waals surface area contributed by atoms with Gasteiger partial charge in [0.15, 0.2) is 0 Å². The Morgan fingerprint density at radius 1 is 1.50 bits per heavy atom. The van der Waals surface area contributed by atoms with E-state index in [4.69, 9.17) is 15.6 Å². The molecule has 1 amide bonds. The van der Waals surface area contributed by atoms with Crippen LogP contribution in [-0.4, -0.2) is 52.1 Å². The molecule has 1 aromatic rings. The topological polar surface area (TPSA) is 111 Å². The van der Waals surface area contributed by atoms with E-state index in [2.05, 4.69) is 5.10 Å². The molecule has 2 heterocycles. The number of hydrogen-bond acceptors (Lipinski definition) is 5. The molecular weight excluding hydrogens is 264 g/mol. The predicted octanol–water partition coefficient (Wildman–Crippen LogP) is -0.493. The number of carbonyl (C=O) groups excluding carboxylic acids is 1. The van der Waals surface area contributed by atoms with E-state index in [0.717, 1.165) is 0 Å². The first-order valence-electron chi connectivity index (χ1n) is 6.17. The minimum Gasteiger partial charge on any atom is -0.480 e. The largest absolute Gasteiger partial charge is 0.480 e. The number of rotatable bonds is 5. The van der Waals surface area contributed by atoms with E-state index in [1.807, 2.05) is 11.8 Å². The van der Waals surface area contributed by atoms with Gasteiger partial charge in [0.1, 0.15) is 23.6 Å². The lowest BCUT2D eigenvalue weighted by molar-refractivity contribution is -0.150. The maximum Gasteiger partial charge on any atom is 0.329 e. The summed E-state index contributed by atoms with van der Waals surface area (Å²) in [5, 5.41) is 12.8. The second-order valence-electron chi connectivity index (χ2n) is 5.26. The molecule has 3 N–H and O–H groups in total. The van der Waals surface area contributed by atoms with E-state index < -0.39 is 17.5 Å². The third kappa shape index (κ3) is 2.46. The lowest BCUT2D eigenvalue weighted by atomic mass is 9.95. The third-order valence-electron chi connectivity index (χ3n) is 3.33. The van der Waals surface area contributed by atoms with Crippen molar-refractivity contribution in [3.8, 4) is 0 Å². The second-order valence-corrected chi connectivity index (χ2v) is 5.26. The molecule has 1 aliphatic heterocycles. The summed E-state index contributed by atoms with van der Waals surface area (Å²) >= 11 is 0. The molecule has 8 nitrogen and oxygen atoms in total. The maximum absolute atomic E-state index is 11.5. The van der Waals surface area contributed by atoms with Crippen LogP contribution in [0.2, 0.25) is 0 Å². The van der Waals surface area contributed by atoms with Gasteiger partial charge in [-0.3, -0.25) is 9.48 Å². The van der Waals surface area contributed by atoms with Gasteiger partial charge in [0.05, 0.1) is 18.8 Å².